The van der Waals surface area contributed by atoms with Crippen molar-refractivity contribution in [2.75, 3.05) is 5.73 Å². The summed E-state index contributed by atoms with van der Waals surface area (Å²) < 4.78 is 32.6. The number of nitrogens with one attached hydrogen (secondary N) is 1. The SMILES string of the molecule is Nc1cc(F)c(Oc2ccnc3[nH]ccc23)c(F)c1. The van der Waals surface area contributed by atoms with Crippen LogP contribution < -0.4 is 10.5 Å². The quantitative estimate of drug-likeness (QED) is 0.696. The predicted molar refractivity (Wildman–Crippen MR) is 66.9 cm³/mol. The molecule has 1 aromatic carbocycles. The standard InChI is InChI=1S/C13H9F2N3O/c14-9-5-7(16)6-10(15)12(9)19-11-2-4-18-13-8(11)1-3-17-13/h1-6H,16H2,(H,17,18). The van der Waals surface area contributed by atoms with Crippen molar-refractivity contribution in [1.29, 1.82) is 0 Å². The van der Waals surface area contributed by atoms with Crippen molar-refractivity contribution in [3.63, 3.8) is 0 Å². The third-order valence-electron chi connectivity index (χ3n) is 2.65. The van der Waals surface area contributed by atoms with Crippen molar-refractivity contribution in [2.45, 2.75) is 0 Å². The summed E-state index contributed by atoms with van der Waals surface area (Å²) in [5, 5.41) is 0.637. The number of benzene rings is 1. The third-order valence-corrected chi connectivity index (χ3v) is 2.65. The van der Waals surface area contributed by atoms with Gasteiger partial charge in [-0.25, -0.2) is 13.8 Å². The Hall–Kier alpha value is -2.63. The van der Waals surface area contributed by atoms with Gasteiger partial charge >= 0.3 is 0 Å². The molecular formula is C13H9F2N3O. The van der Waals surface area contributed by atoms with Crippen LogP contribution in [0.5, 0.6) is 11.5 Å². The van der Waals surface area contributed by atoms with Crippen LogP contribution in [0, 0.1) is 11.6 Å². The molecule has 0 amide bonds. The molecule has 0 bridgehead atoms. The fourth-order valence-electron chi connectivity index (χ4n) is 1.81. The summed E-state index contributed by atoms with van der Waals surface area (Å²) in [6.07, 6.45) is 3.15. The molecule has 19 heavy (non-hydrogen) atoms. The third kappa shape index (κ3) is 1.97. The lowest BCUT2D eigenvalue weighted by Crippen LogP contribution is -1.96. The second-order valence-corrected chi connectivity index (χ2v) is 3.96. The van der Waals surface area contributed by atoms with E-state index in [9.17, 15) is 8.78 Å². The highest BCUT2D eigenvalue weighted by Crippen LogP contribution is 2.32. The average molecular weight is 261 g/mol. The minimum absolute atomic E-state index is 0.00358. The monoisotopic (exact) mass is 261 g/mol. The number of nitrogens with zero attached hydrogens (tertiary/aromatic N) is 1. The number of aromatic nitrogens is 2. The molecular weight excluding hydrogens is 252 g/mol. The van der Waals surface area contributed by atoms with Gasteiger partial charge < -0.3 is 15.5 Å². The number of anilines is 1. The lowest BCUT2D eigenvalue weighted by molar-refractivity contribution is 0.411. The summed E-state index contributed by atoms with van der Waals surface area (Å²) in [7, 11) is 0. The number of aromatic amines is 1. The molecule has 2 heterocycles. The number of nitrogen functional groups attached to an aromatic ring is 1. The van der Waals surface area contributed by atoms with Gasteiger partial charge in [-0.3, -0.25) is 0 Å². The largest absolute Gasteiger partial charge is 0.450 e. The first kappa shape index (κ1) is 11.5. The summed E-state index contributed by atoms with van der Waals surface area (Å²) >= 11 is 0. The molecule has 4 nitrogen and oxygen atoms in total. The van der Waals surface area contributed by atoms with Crippen LogP contribution in [0.3, 0.4) is 0 Å². The van der Waals surface area contributed by atoms with Crippen LogP contribution in [-0.2, 0) is 0 Å². The van der Waals surface area contributed by atoms with Gasteiger partial charge in [0.15, 0.2) is 17.4 Å². The fourth-order valence-corrected chi connectivity index (χ4v) is 1.81. The molecule has 0 saturated carbocycles. The molecule has 0 radical (unpaired) electrons. The Bertz CT molecular complexity index is 731. The van der Waals surface area contributed by atoms with Gasteiger partial charge in [0.2, 0.25) is 0 Å². The summed E-state index contributed by atoms with van der Waals surface area (Å²) in [5.74, 6) is -1.87. The molecule has 0 spiro atoms. The van der Waals surface area contributed by atoms with Crippen molar-refractivity contribution in [3.05, 3.63) is 48.3 Å². The number of H-pyrrole nitrogens is 1. The maximum Gasteiger partial charge on any atom is 0.198 e. The maximum absolute atomic E-state index is 13.7. The molecule has 0 aliphatic carbocycles. The first-order valence-electron chi connectivity index (χ1n) is 5.49. The number of rotatable bonds is 2. The maximum atomic E-state index is 13.7. The van der Waals surface area contributed by atoms with E-state index in [1.165, 1.54) is 12.3 Å². The van der Waals surface area contributed by atoms with Gasteiger partial charge in [-0.2, -0.15) is 0 Å². The van der Waals surface area contributed by atoms with E-state index in [2.05, 4.69) is 9.97 Å². The highest BCUT2D eigenvalue weighted by atomic mass is 19.1. The Morgan fingerprint density at radius 3 is 2.63 bits per heavy atom. The first-order valence-corrected chi connectivity index (χ1v) is 5.49. The van der Waals surface area contributed by atoms with E-state index in [1.807, 2.05) is 0 Å². The molecule has 0 aliphatic rings. The highest BCUT2D eigenvalue weighted by molar-refractivity contribution is 5.82. The minimum atomic E-state index is -0.849. The number of pyridine rings is 1. The van der Waals surface area contributed by atoms with Crippen molar-refractivity contribution in [1.82, 2.24) is 9.97 Å². The second kappa shape index (κ2) is 4.24. The van der Waals surface area contributed by atoms with Crippen LogP contribution in [0.25, 0.3) is 11.0 Å². The molecule has 0 unspecified atom stereocenters. The topological polar surface area (TPSA) is 63.9 Å². The summed E-state index contributed by atoms with van der Waals surface area (Å²) in [6.45, 7) is 0. The molecule has 96 valence electrons. The van der Waals surface area contributed by atoms with Gasteiger partial charge in [0.1, 0.15) is 11.4 Å². The Balaban J connectivity index is 2.09. The van der Waals surface area contributed by atoms with Crippen LogP contribution >= 0.6 is 0 Å². The van der Waals surface area contributed by atoms with E-state index >= 15 is 0 Å². The van der Waals surface area contributed by atoms with E-state index in [0.717, 1.165) is 12.1 Å². The van der Waals surface area contributed by atoms with Crippen molar-refractivity contribution in [3.8, 4) is 11.5 Å². The van der Waals surface area contributed by atoms with Gasteiger partial charge in [0, 0.05) is 30.2 Å². The zero-order chi connectivity index (χ0) is 13.4. The minimum Gasteiger partial charge on any atom is -0.450 e. The Morgan fingerprint density at radius 1 is 1.16 bits per heavy atom. The molecule has 3 N–H and O–H groups in total. The second-order valence-electron chi connectivity index (χ2n) is 3.96. The predicted octanol–water partition coefficient (Wildman–Crippen LogP) is 3.22. The summed E-state index contributed by atoms with van der Waals surface area (Å²) in [5.41, 5.74) is 5.93. The molecule has 0 fully saturated rings. The number of fused-ring (bicyclic) bond motifs is 1. The van der Waals surface area contributed by atoms with Crippen LogP contribution in [0.1, 0.15) is 0 Å². The summed E-state index contributed by atoms with van der Waals surface area (Å²) in [4.78, 5) is 6.94. The normalized spacial score (nSPS) is 10.8. The van der Waals surface area contributed by atoms with Gasteiger partial charge in [-0.05, 0) is 12.1 Å². The first-order chi connectivity index (χ1) is 9.15. The molecule has 2 aromatic heterocycles. The molecule has 0 saturated heterocycles. The molecule has 0 atom stereocenters. The van der Waals surface area contributed by atoms with Crippen LogP contribution in [0.15, 0.2) is 36.7 Å². The van der Waals surface area contributed by atoms with E-state index in [-0.39, 0.29) is 5.69 Å². The zero-order valence-corrected chi connectivity index (χ0v) is 9.65. The van der Waals surface area contributed by atoms with Crippen LogP contribution in [-0.4, -0.2) is 9.97 Å². The highest BCUT2D eigenvalue weighted by Gasteiger charge is 2.14. The van der Waals surface area contributed by atoms with E-state index in [0.29, 0.717) is 16.8 Å². The van der Waals surface area contributed by atoms with Crippen LogP contribution in [0.4, 0.5) is 14.5 Å². The van der Waals surface area contributed by atoms with E-state index < -0.39 is 17.4 Å². The summed E-state index contributed by atoms with van der Waals surface area (Å²) in [6, 6.07) is 5.26. The van der Waals surface area contributed by atoms with Gasteiger partial charge in [0.05, 0.1) is 5.39 Å². The van der Waals surface area contributed by atoms with Crippen molar-refractivity contribution >= 4 is 16.7 Å². The molecule has 6 heteroatoms. The lowest BCUT2D eigenvalue weighted by atomic mass is 10.2. The molecule has 3 aromatic rings. The number of halogens is 2. The van der Waals surface area contributed by atoms with Gasteiger partial charge in [-0.15, -0.1) is 0 Å². The lowest BCUT2D eigenvalue weighted by Gasteiger charge is -2.09. The van der Waals surface area contributed by atoms with Crippen molar-refractivity contribution < 1.29 is 13.5 Å². The Morgan fingerprint density at radius 2 is 1.89 bits per heavy atom. The zero-order valence-electron chi connectivity index (χ0n) is 9.65. The number of nitrogens with two attached hydrogens (primary N) is 1. The number of hydrogen-bond donors (Lipinski definition) is 2. The van der Waals surface area contributed by atoms with Crippen LogP contribution in [0.2, 0.25) is 0 Å². The fraction of sp³-hybridized carbons (Fsp3) is 0. The van der Waals surface area contributed by atoms with Gasteiger partial charge in [0.25, 0.3) is 0 Å². The Kier molecular flexibility index (Phi) is 2.56. The van der Waals surface area contributed by atoms with Crippen molar-refractivity contribution in [2.24, 2.45) is 0 Å². The molecule has 0 aliphatic heterocycles. The smallest absolute Gasteiger partial charge is 0.198 e. The van der Waals surface area contributed by atoms with E-state index in [4.69, 9.17) is 10.5 Å². The number of hydrogen-bond acceptors (Lipinski definition) is 3. The molecule has 3 rings (SSSR count). The van der Waals surface area contributed by atoms with Gasteiger partial charge in [-0.1, -0.05) is 0 Å². The Labute approximate surface area is 106 Å². The van der Waals surface area contributed by atoms with E-state index in [1.54, 1.807) is 12.3 Å². The number of ether oxygens (including phenoxy) is 1. The average Bonchev–Trinajstić information content (AvgIpc) is 2.82.